The Morgan fingerprint density at radius 1 is 0.952 bits per heavy atom. The summed E-state index contributed by atoms with van der Waals surface area (Å²) in [4.78, 5) is 11.7. The molecule has 0 saturated carbocycles. The van der Waals surface area contributed by atoms with Crippen molar-refractivity contribution < 1.29 is 4.79 Å². The summed E-state index contributed by atoms with van der Waals surface area (Å²) in [5.41, 5.74) is 3.44. The van der Waals surface area contributed by atoms with Gasteiger partial charge in [-0.3, -0.25) is 4.79 Å². The van der Waals surface area contributed by atoms with E-state index in [1.165, 1.54) is 11.1 Å². The van der Waals surface area contributed by atoms with Crippen molar-refractivity contribution in [2.24, 2.45) is 0 Å². The van der Waals surface area contributed by atoms with Crippen LogP contribution in [-0.2, 0) is 17.9 Å². The molecule has 2 rings (SSSR count). The van der Waals surface area contributed by atoms with Crippen LogP contribution in [0.25, 0.3) is 0 Å². The number of amides is 1. The Morgan fingerprint density at radius 3 is 2.19 bits per heavy atom. The molecule has 0 atom stereocenters. The molecule has 0 unspecified atom stereocenters. The maximum absolute atomic E-state index is 11.7. The number of carbonyl (C=O) groups is 1. The predicted octanol–water partition coefficient (Wildman–Crippen LogP) is 3.05. The smallest absolute Gasteiger partial charge is 0.234 e. The first kappa shape index (κ1) is 15.5. The highest BCUT2D eigenvalue weighted by molar-refractivity contribution is 6.30. The average Bonchev–Trinajstić information content (AvgIpc) is 2.49. The number of benzene rings is 2. The van der Waals surface area contributed by atoms with Gasteiger partial charge in [0.2, 0.25) is 5.91 Å². The van der Waals surface area contributed by atoms with Gasteiger partial charge < -0.3 is 10.6 Å². The van der Waals surface area contributed by atoms with E-state index >= 15 is 0 Å². The van der Waals surface area contributed by atoms with Crippen molar-refractivity contribution in [3.05, 3.63) is 70.2 Å². The van der Waals surface area contributed by atoms with Gasteiger partial charge in [0, 0.05) is 18.1 Å². The van der Waals surface area contributed by atoms with Crippen molar-refractivity contribution in [2.75, 3.05) is 6.54 Å². The Bertz CT molecular complexity index is 579. The maximum Gasteiger partial charge on any atom is 0.234 e. The average molecular weight is 303 g/mol. The first-order valence-electron chi connectivity index (χ1n) is 6.91. The lowest BCUT2D eigenvalue weighted by molar-refractivity contribution is -0.120. The third kappa shape index (κ3) is 5.58. The molecule has 0 aliphatic carbocycles. The normalized spacial score (nSPS) is 10.4. The van der Waals surface area contributed by atoms with E-state index in [0.717, 1.165) is 5.56 Å². The van der Waals surface area contributed by atoms with Crippen LogP contribution in [0.2, 0.25) is 5.02 Å². The summed E-state index contributed by atoms with van der Waals surface area (Å²) in [6.07, 6.45) is 0. The zero-order chi connectivity index (χ0) is 15.1. The van der Waals surface area contributed by atoms with E-state index < -0.39 is 0 Å². The fourth-order valence-electron chi connectivity index (χ4n) is 1.89. The summed E-state index contributed by atoms with van der Waals surface area (Å²) in [5, 5.41) is 6.70. The molecule has 0 bridgehead atoms. The Kier molecular flexibility index (Phi) is 5.78. The minimum absolute atomic E-state index is 0.0166. The molecule has 0 aliphatic rings. The molecular formula is C17H19ClN2O. The van der Waals surface area contributed by atoms with Gasteiger partial charge in [0.15, 0.2) is 0 Å². The van der Waals surface area contributed by atoms with Gasteiger partial charge in [-0.05, 0) is 30.2 Å². The topological polar surface area (TPSA) is 41.1 Å². The van der Waals surface area contributed by atoms with Crippen LogP contribution in [0, 0.1) is 6.92 Å². The number of carbonyl (C=O) groups excluding carboxylic acids is 1. The molecular weight excluding hydrogens is 284 g/mol. The number of hydrogen-bond donors (Lipinski definition) is 2. The van der Waals surface area contributed by atoms with E-state index in [2.05, 4.69) is 41.8 Å². The van der Waals surface area contributed by atoms with E-state index in [-0.39, 0.29) is 5.91 Å². The van der Waals surface area contributed by atoms with Crippen LogP contribution in [0.4, 0.5) is 0 Å². The van der Waals surface area contributed by atoms with Gasteiger partial charge in [0.1, 0.15) is 0 Å². The van der Waals surface area contributed by atoms with Crippen LogP contribution in [0.3, 0.4) is 0 Å². The third-order valence-electron chi connectivity index (χ3n) is 3.14. The van der Waals surface area contributed by atoms with Crippen LogP contribution >= 0.6 is 11.6 Å². The number of aryl methyl sites for hydroxylation is 1. The lowest BCUT2D eigenvalue weighted by Gasteiger charge is -2.07. The molecule has 4 heteroatoms. The molecule has 2 N–H and O–H groups in total. The molecule has 0 spiro atoms. The van der Waals surface area contributed by atoms with Gasteiger partial charge in [-0.25, -0.2) is 0 Å². The zero-order valence-corrected chi connectivity index (χ0v) is 12.8. The van der Waals surface area contributed by atoms with Gasteiger partial charge in [-0.1, -0.05) is 53.6 Å². The summed E-state index contributed by atoms with van der Waals surface area (Å²) < 4.78 is 0. The van der Waals surface area contributed by atoms with Crippen molar-refractivity contribution >= 4 is 17.5 Å². The van der Waals surface area contributed by atoms with Gasteiger partial charge >= 0.3 is 0 Å². The molecule has 0 heterocycles. The second kappa shape index (κ2) is 7.81. The maximum atomic E-state index is 11.7. The Hall–Kier alpha value is -1.84. The molecule has 1 amide bonds. The molecule has 110 valence electrons. The van der Waals surface area contributed by atoms with Crippen LogP contribution < -0.4 is 10.6 Å². The summed E-state index contributed by atoms with van der Waals surface area (Å²) in [6, 6.07) is 15.7. The van der Waals surface area contributed by atoms with Crippen molar-refractivity contribution in [3.63, 3.8) is 0 Å². The van der Waals surface area contributed by atoms with Gasteiger partial charge in [0.25, 0.3) is 0 Å². The molecule has 0 saturated heterocycles. The lowest BCUT2D eigenvalue weighted by Crippen LogP contribution is -2.33. The van der Waals surface area contributed by atoms with E-state index in [0.29, 0.717) is 24.7 Å². The number of hydrogen-bond acceptors (Lipinski definition) is 2. The minimum Gasteiger partial charge on any atom is -0.351 e. The van der Waals surface area contributed by atoms with E-state index in [4.69, 9.17) is 11.6 Å². The highest BCUT2D eigenvalue weighted by atomic mass is 35.5. The molecule has 3 nitrogen and oxygen atoms in total. The molecule has 0 aromatic heterocycles. The SMILES string of the molecule is Cc1ccc(CNCC(=O)NCc2ccc(Cl)cc2)cc1. The van der Waals surface area contributed by atoms with Crippen molar-refractivity contribution in [1.29, 1.82) is 0 Å². The van der Waals surface area contributed by atoms with Crippen molar-refractivity contribution in [2.45, 2.75) is 20.0 Å². The molecule has 0 fully saturated rings. The standard InChI is InChI=1S/C17H19ClN2O/c1-13-2-4-14(5-3-13)10-19-12-17(21)20-11-15-6-8-16(18)9-7-15/h2-9,19H,10-12H2,1H3,(H,20,21). The zero-order valence-electron chi connectivity index (χ0n) is 12.0. The first-order chi connectivity index (χ1) is 10.1. The van der Waals surface area contributed by atoms with Crippen LogP contribution in [0.1, 0.15) is 16.7 Å². The van der Waals surface area contributed by atoms with Crippen molar-refractivity contribution in [1.82, 2.24) is 10.6 Å². The molecule has 2 aromatic rings. The van der Waals surface area contributed by atoms with E-state index in [9.17, 15) is 4.79 Å². The number of nitrogens with one attached hydrogen (secondary N) is 2. The number of rotatable bonds is 6. The second-order valence-electron chi connectivity index (χ2n) is 4.99. The fraction of sp³-hybridized carbons (Fsp3) is 0.235. The Labute approximate surface area is 130 Å². The monoisotopic (exact) mass is 302 g/mol. The third-order valence-corrected chi connectivity index (χ3v) is 3.39. The predicted molar refractivity (Wildman–Crippen MR) is 86.2 cm³/mol. The first-order valence-corrected chi connectivity index (χ1v) is 7.29. The summed E-state index contributed by atoms with van der Waals surface area (Å²) in [5.74, 6) is -0.0166. The van der Waals surface area contributed by atoms with Gasteiger partial charge in [-0.15, -0.1) is 0 Å². The van der Waals surface area contributed by atoms with Crippen LogP contribution in [0.5, 0.6) is 0 Å². The molecule has 0 radical (unpaired) electrons. The Morgan fingerprint density at radius 2 is 1.52 bits per heavy atom. The largest absolute Gasteiger partial charge is 0.351 e. The summed E-state index contributed by atoms with van der Waals surface area (Å²) in [6.45, 7) is 3.57. The van der Waals surface area contributed by atoms with Crippen molar-refractivity contribution in [3.8, 4) is 0 Å². The highest BCUT2D eigenvalue weighted by Gasteiger charge is 2.01. The summed E-state index contributed by atoms with van der Waals surface area (Å²) in [7, 11) is 0. The Balaban J connectivity index is 1.67. The van der Waals surface area contributed by atoms with E-state index in [1.807, 2.05) is 24.3 Å². The second-order valence-corrected chi connectivity index (χ2v) is 5.43. The fourth-order valence-corrected chi connectivity index (χ4v) is 2.02. The van der Waals surface area contributed by atoms with Crippen LogP contribution in [-0.4, -0.2) is 12.5 Å². The lowest BCUT2D eigenvalue weighted by atomic mass is 10.1. The van der Waals surface area contributed by atoms with E-state index in [1.54, 1.807) is 0 Å². The van der Waals surface area contributed by atoms with Gasteiger partial charge in [-0.2, -0.15) is 0 Å². The molecule has 0 aliphatic heterocycles. The summed E-state index contributed by atoms with van der Waals surface area (Å²) >= 11 is 5.81. The van der Waals surface area contributed by atoms with Gasteiger partial charge in [0.05, 0.1) is 6.54 Å². The molecule has 21 heavy (non-hydrogen) atoms. The minimum atomic E-state index is -0.0166. The number of halogens is 1. The molecule has 2 aromatic carbocycles. The highest BCUT2D eigenvalue weighted by Crippen LogP contribution is 2.09. The quantitative estimate of drug-likeness (QED) is 0.861. The van der Waals surface area contributed by atoms with Crippen LogP contribution in [0.15, 0.2) is 48.5 Å².